The number of nitrogens with zero attached hydrogens (tertiary/aromatic N) is 1. The van der Waals surface area contributed by atoms with Gasteiger partial charge in [-0.05, 0) is 17.7 Å². The topological polar surface area (TPSA) is 33.1 Å². The minimum Gasteiger partial charge on any atom is -0.386 e. The zero-order chi connectivity index (χ0) is 11.5. The van der Waals surface area contributed by atoms with Gasteiger partial charge in [0.05, 0.1) is 11.2 Å². The maximum absolute atomic E-state index is 9.94. The minimum absolute atomic E-state index is 0.377. The first-order valence-corrected chi connectivity index (χ1v) is 6.37. The SMILES string of the molecule is OC(Cc1c(Cl)cccc1Cl)c1cscn1. The molecule has 16 heavy (non-hydrogen) atoms. The summed E-state index contributed by atoms with van der Waals surface area (Å²) >= 11 is 13.5. The first-order valence-electron chi connectivity index (χ1n) is 4.67. The minimum atomic E-state index is -0.663. The predicted molar refractivity (Wildman–Crippen MR) is 67.2 cm³/mol. The van der Waals surface area contributed by atoms with Crippen molar-refractivity contribution in [1.82, 2.24) is 4.98 Å². The van der Waals surface area contributed by atoms with Gasteiger partial charge in [-0.2, -0.15) is 0 Å². The average molecular weight is 274 g/mol. The Kier molecular flexibility index (Phi) is 3.82. The Labute approximate surface area is 107 Å². The lowest BCUT2D eigenvalue weighted by Gasteiger charge is -2.10. The van der Waals surface area contributed by atoms with Crippen LogP contribution in [0.15, 0.2) is 29.1 Å². The van der Waals surface area contributed by atoms with Crippen LogP contribution in [0, 0.1) is 0 Å². The summed E-state index contributed by atoms with van der Waals surface area (Å²) in [4.78, 5) is 4.05. The molecular formula is C11H9Cl2NOS. The van der Waals surface area contributed by atoms with Crippen LogP contribution in [0.5, 0.6) is 0 Å². The lowest BCUT2D eigenvalue weighted by molar-refractivity contribution is 0.174. The molecule has 0 fully saturated rings. The van der Waals surface area contributed by atoms with Gasteiger partial charge < -0.3 is 5.11 Å². The molecule has 0 amide bonds. The summed E-state index contributed by atoms with van der Waals surface area (Å²) < 4.78 is 0. The average Bonchev–Trinajstić information content (AvgIpc) is 2.76. The van der Waals surface area contributed by atoms with Gasteiger partial charge in [0.15, 0.2) is 0 Å². The molecule has 0 radical (unpaired) electrons. The molecule has 2 aromatic rings. The summed E-state index contributed by atoms with van der Waals surface area (Å²) in [5.41, 5.74) is 3.10. The van der Waals surface area contributed by atoms with Gasteiger partial charge >= 0.3 is 0 Å². The van der Waals surface area contributed by atoms with Crippen LogP contribution in [0.3, 0.4) is 0 Å². The zero-order valence-electron chi connectivity index (χ0n) is 8.23. The smallest absolute Gasteiger partial charge is 0.101 e. The Balaban J connectivity index is 2.21. The molecule has 0 saturated heterocycles. The molecule has 1 unspecified atom stereocenters. The fourth-order valence-electron chi connectivity index (χ4n) is 1.41. The van der Waals surface area contributed by atoms with Gasteiger partial charge in [0.2, 0.25) is 0 Å². The van der Waals surface area contributed by atoms with Gasteiger partial charge in [0.25, 0.3) is 0 Å². The summed E-state index contributed by atoms with van der Waals surface area (Å²) in [6.45, 7) is 0. The number of halogens is 2. The lowest BCUT2D eigenvalue weighted by Crippen LogP contribution is -2.03. The van der Waals surface area contributed by atoms with Crippen LogP contribution in [0.2, 0.25) is 10.0 Å². The van der Waals surface area contributed by atoms with Crippen LogP contribution in [0.4, 0.5) is 0 Å². The summed E-state index contributed by atoms with van der Waals surface area (Å²) in [5, 5.41) is 12.9. The van der Waals surface area contributed by atoms with E-state index in [0.29, 0.717) is 22.2 Å². The number of hydrogen-bond donors (Lipinski definition) is 1. The molecule has 1 aromatic carbocycles. The van der Waals surface area contributed by atoms with E-state index in [1.807, 2.05) is 5.38 Å². The number of aliphatic hydroxyl groups excluding tert-OH is 1. The van der Waals surface area contributed by atoms with Crippen molar-refractivity contribution in [2.45, 2.75) is 12.5 Å². The van der Waals surface area contributed by atoms with Crippen molar-refractivity contribution in [1.29, 1.82) is 0 Å². The molecule has 0 bridgehead atoms. The van der Waals surface area contributed by atoms with Gasteiger partial charge in [0, 0.05) is 21.8 Å². The Morgan fingerprint density at radius 2 is 2.00 bits per heavy atom. The first kappa shape index (κ1) is 11.9. The highest BCUT2D eigenvalue weighted by molar-refractivity contribution is 7.07. The van der Waals surface area contributed by atoms with E-state index >= 15 is 0 Å². The normalized spacial score (nSPS) is 12.7. The van der Waals surface area contributed by atoms with E-state index in [9.17, 15) is 5.11 Å². The summed E-state index contributed by atoms with van der Waals surface area (Å²) in [6.07, 6.45) is -0.286. The van der Waals surface area contributed by atoms with E-state index in [0.717, 1.165) is 5.56 Å². The third-order valence-corrected chi connectivity index (χ3v) is 3.56. The summed E-state index contributed by atoms with van der Waals surface area (Å²) in [5.74, 6) is 0. The van der Waals surface area contributed by atoms with Crippen molar-refractivity contribution in [2.75, 3.05) is 0 Å². The molecule has 1 atom stereocenters. The summed E-state index contributed by atoms with van der Waals surface area (Å²) in [7, 11) is 0. The van der Waals surface area contributed by atoms with Crippen molar-refractivity contribution in [3.05, 3.63) is 50.4 Å². The van der Waals surface area contributed by atoms with E-state index in [1.165, 1.54) is 11.3 Å². The van der Waals surface area contributed by atoms with E-state index < -0.39 is 6.10 Å². The van der Waals surface area contributed by atoms with E-state index in [-0.39, 0.29) is 0 Å². The van der Waals surface area contributed by atoms with Gasteiger partial charge in [-0.25, -0.2) is 4.98 Å². The van der Waals surface area contributed by atoms with Crippen molar-refractivity contribution in [3.8, 4) is 0 Å². The number of aliphatic hydroxyl groups is 1. The zero-order valence-corrected chi connectivity index (χ0v) is 10.6. The van der Waals surface area contributed by atoms with Gasteiger partial charge in [0.1, 0.15) is 6.10 Å². The maximum atomic E-state index is 9.94. The molecule has 2 rings (SSSR count). The first-order chi connectivity index (χ1) is 7.68. The van der Waals surface area contributed by atoms with Gasteiger partial charge in [-0.1, -0.05) is 29.3 Å². The van der Waals surface area contributed by atoms with E-state index in [2.05, 4.69) is 4.98 Å². The molecule has 0 aliphatic carbocycles. The fraction of sp³-hybridized carbons (Fsp3) is 0.182. The van der Waals surface area contributed by atoms with E-state index in [1.54, 1.807) is 23.7 Å². The fourth-order valence-corrected chi connectivity index (χ4v) is 2.56. The van der Waals surface area contributed by atoms with Crippen molar-refractivity contribution in [2.24, 2.45) is 0 Å². The van der Waals surface area contributed by atoms with Crippen molar-refractivity contribution >= 4 is 34.5 Å². The number of thiazole rings is 1. The molecule has 2 nitrogen and oxygen atoms in total. The molecule has 0 aliphatic rings. The van der Waals surface area contributed by atoms with Crippen LogP contribution >= 0.6 is 34.5 Å². The third-order valence-electron chi connectivity index (χ3n) is 2.25. The molecule has 0 aliphatic heterocycles. The van der Waals surface area contributed by atoms with Crippen molar-refractivity contribution in [3.63, 3.8) is 0 Å². The van der Waals surface area contributed by atoms with Crippen LogP contribution < -0.4 is 0 Å². The predicted octanol–water partition coefficient (Wildman–Crippen LogP) is 3.73. The van der Waals surface area contributed by atoms with E-state index in [4.69, 9.17) is 23.2 Å². The Morgan fingerprint density at radius 3 is 2.56 bits per heavy atom. The van der Waals surface area contributed by atoms with Crippen molar-refractivity contribution < 1.29 is 5.11 Å². The van der Waals surface area contributed by atoms with Crippen LogP contribution in [-0.2, 0) is 6.42 Å². The second-order valence-corrected chi connectivity index (χ2v) is 4.87. The van der Waals surface area contributed by atoms with Gasteiger partial charge in [-0.15, -0.1) is 11.3 Å². The number of hydrogen-bond acceptors (Lipinski definition) is 3. The molecule has 1 heterocycles. The lowest BCUT2D eigenvalue weighted by atomic mass is 10.1. The maximum Gasteiger partial charge on any atom is 0.101 e. The molecule has 5 heteroatoms. The highest BCUT2D eigenvalue weighted by Crippen LogP contribution is 2.29. The Morgan fingerprint density at radius 1 is 1.31 bits per heavy atom. The van der Waals surface area contributed by atoms with Crippen LogP contribution in [0.25, 0.3) is 0 Å². The highest BCUT2D eigenvalue weighted by atomic mass is 35.5. The molecule has 1 aromatic heterocycles. The quantitative estimate of drug-likeness (QED) is 0.925. The second kappa shape index (κ2) is 5.15. The number of rotatable bonds is 3. The molecule has 1 N–H and O–H groups in total. The third kappa shape index (κ3) is 2.55. The number of aromatic nitrogens is 1. The second-order valence-electron chi connectivity index (χ2n) is 3.33. The largest absolute Gasteiger partial charge is 0.386 e. The molecule has 0 spiro atoms. The molecular weight excluding hydrogens is 265 g/mol. The Bertz CT molecular complexity index is 453. The molecule has 0 saturated carbocycles. The molecule has 84 valence electrons. The van der Waals surface area contributed by atoms with Crippen LogP contribution in [0.1, 0.15) is 17.4 Å². The summed E-state index contributed by atoms with van der Waals surface area (Å²) in [6, 6.07) is 5.30. The Hall–Kier alpha value is -0.610. The van der Waals surface area contributed by atoms with Crippen LogP contribution in [-0.4, -0.2) is 10.1 Å². The monoisotopic (exact) mass is 273 g/mol. The highest BCUT2D eigenvalue weighted by Gasteiger charge is 2.14. The standard InChI is InChI=1S/C11H9Cl2NOS/c12-8-2-1-3-9(13)7(8)4-11(15)10-5-16-6-14-10/h1-3,5-6,11,15H,4H2. The number of benzene rings is 1. The van der Waals surface area contributed by atoms with Gasteiger partial charge in [-0.3, -0.25) is 0 Å².